The van der Waals surface area contributed by atoms with Crippen LogP contribution in [0.3, 0.4) is 0 Å². The van der Waals surface area contributed by atoms with Crippen LogP contribution in [0.5, 0.6) is 0 Å². The smallest absolute Gasteiger partial charge is 0.338 e. The summed E-state index contributed by atoms with van der Waals surface area (Å²) in [6.45, 7) is 7.46. The Morgan fingerprint density at radius 3 is 2.26 bits per heavy atom. The topological polar surface area (TPSA) is 72.4 Å². The van der Waals surface area contributed by atoms with Crippen LogP contribution in [-0.2, 0) is 9.53 Å². The van der Waals surface area contributed by atoms with Gasteiger partial charge in [-0.05, 0) is 45.9 Å². The summed E-state index contributed by atoms with van der Waals surface area (Å²) >= 11 is 0. The van der Waals surface area contributed by atoms with E-state index in [2.05, 4.69) is 9.97 Å². The van der Waals surface area contributed by atoms with E-state index in [1.54, 1.807) is 35.5 Å². The molecule has 0 saturated heterocycles. The van der Waals surface area contributed by atoms with Crippen molar-refractivity contribution in [3.63, 3.8) is 0 Å². The molecule has 0 unspecified atom stereocenters. The number of hydrogen-bond acceptors (Lipinski definition) is 5. The Kier molecular flexibility index (Phi) is 5.26. The molecule has 6 nitrogen and oxygen atoms in total. The average Bonchev–Trinajstić information content (AvgIpc) is 2.51. The van der Waals surface area contributed by atoms with Crippen LogP contribution in [0.1, 0.15) is 38.1 Å². The van der Waals surface area contributed by atoms with E-state index in [-0.39, 0.29) is 24.6 Å². The highest BCUT2D eigenvalue weighted by atomic mass is 16.5. The average molecular weight is 315 g/mol. The molecule has 0 spiro atoms. The molecule has 0 N–H and O–H groups in total. The van der Waals surface area contributed by atoms with Gasteiger partial charge >= 0.3 is 5.97 Å². The second-order valence-electron chi connectivity index (χ2n) is 5.82. The van der Waals surface area contributed by atoms with Gasteiger partial charge in [0.15, 0.2) is 6.61 Å². The Hall–Kier alpha value is -2.50. The van der Waals surface area contributed by atoms with Crippen LogP contribution in [-0.4, -0.2) is 45.4 Å². The molecule has 0 aliphatic rings. The zero-order valence-corrected chi connectivity index (χ0v) is 13.8. The van der Waals surface area contributed by atoms with E-state index in [0.29, 0.717) is 16.6 Å². The summed E-state index contributed by atoms with van der Waals surface area (Å²) in [6.07, 6.45) is 3.15. The molecule has 1 heterocycles. The first-order valence-electron chi connectivity index (χ1n) is 7.59. The van der Waals surface area contributed by atoms with Gasteiger partial charge in [-0.25, -0.2) is 4.79 Å². The normalized spacial score (nSPS) is 11.0. The predicted octanol–water partition coefficient (Wildman–Crippen LogP) is 2.43. The highest BCUT2D eigenvalue weighted by Crippen LogP contribution is 2.12. The van der Waals surface area contributed by atoms with E-state index in [9.17, 15) is 9.59 Å². The summed E-state index contributed by atoms with van der Waals surface area (Å²) < 4.78 is 5.14. The molecule has 6 heteroatoms. The minimum Gasteiger partial charge on any atom is -0.452 e. The minimum atomic E-state index is -0.543. The van der Waals surface area contributed by atoms with Gasteiger partial charge in [-0.3, -0.25) is 14.8 Å². The van der Waals surface area contributed by atoms with E-state index in [1.807, 2.05) is 27.7 Å². The van der Waals surface area contributed by atoms with Crippen molar-refractivity contribution >= 4 is 22.9 Å². The molecule has 0 saturated carbocycles. The summed E-state index contributed by atoms with van der Waals surface area (Å²) in [5, 5.41) is 0. The van der Waals surface area contributed by atoms with Crippen molar-refractivity contribution < 1.29 is 14.3 Å². The van der Waals surface area contributed by atoms with Crippen LogP contribution >= 0.6 is 0 Å². The third kappa shape index (κ3) is 4.03. The van der Waals surface area contributed by atoms with Crippen molar-refractivity contribution in [1.29, 1.82) is 0 Å². The van der Waals surface area contributed by atoms with E-state index < -0.39 is 5.97 Å². The summed E-state index contributed by atoms with van der Waals surface area (Å²) in [5.74, 6) is -0.748. The first-order chi connectivity index (χ1) is 10.9. The van der Waals surface area contributed by atoms with Gasteiger partial charge in [0.1, 0.15) is 0 Å². The van der Waals surface area contributed by atoms with Crippen molar-refractivity contribution in [1.82, 2.24) is 14.9 Å². The molecule has 1 aromatic carbocycles. The molecule has 1 aromatic heterocycles. The molecular formula is C17H21N3O3. The van der Waals surface area contributed by atoms with Gasteiger partial charge in [0, 0.05) is 24.5 Å². The maximum atomic E-state index is 12.2. The summed E-state index contributed by atoms with van der Waals surface area (Å²) in [7, 11) is 0. The second kappa shape index (κ2) is 7.17. The van der Waals surface area contributed by atoms with Gasteiger partial charge in [0.25, 0.3) is 5.91 Å². The largest absolute Gasteiger partial charge is 0.452 e. The number of fused-ring (bicyclic) bond motifs is 1. The standard InChI is InChI=1S/C17H21N3O3/c1-11(2)20(12(3)4)16(21)10-23-17(22)13-5-6-14-15(9-13)19-8-7-18-14/h5-9,11-12H,10H2,1-4H3. The summed E-state index contributed by atoms with van der Waals surface area (Å²) in [6, 6.07) is 5.04. The molecule has 122 valence electrons. The number of nitrogens with zero attached hydrogens (tertiary/aromatic N) is 3. The lowest BCUT2D eigenvalue weighted by atomic mass is 10.2. The van der Waals surface area contributed by atoms with Crippen LogP contribution in [0.4, 0.5) is 0 Å². The molecular weight excluding hydrogens is 294 g/mol. The Balaban J connectivity index is 2.04. The first kappa shape index (κ1) is 16.9. The van der Waals surface area contributed by atoms with E-state index in [4.69, 9.17) is 4.74 Å². The van der Waals surface area contributed by atoms with Gasteiger partial charge in [0.2, 0.25) is 0 Å². The molecule has 0 aliphatic carbocycles. The Labute approximate surface area is 135 Å². The lowest BCUT2D eigenvalue weighted by Gasteiger charge is -2.30. The van der Waals surface area contributed by atoms with Crippen molar-refractivity contribution in [2.75, 3.05) is 6.61 Å². The maximum Gasteiger partial charge on any atom is 0.338 e. The van der Waals surface area contributed by atoms with Crippen LogP contribution < -0.4 is 0 Å². The monoisotopic (exact) mass is 315 g/mol. The maximum absolute atomic E-state index is 12.2. The Bertz CT molecular complexity index is 705. The Morgan fingerprint density at radius 2 is 1.65 bits per heavy atom. The first-order valence-corrected chi connectivity index (χ1v) is 7.59. The van der Waals surface area contributed by atoms with E-state index in [0.717, 1.165) is 0 Å². The SMILES string of the molecule is CC(C)N(C(=O)COC(=O)c1ccc2nccnc2c1)C(C)C. The fourth-order valence-corrected chi connectivity index (χ4v) is 2.55. The van der Waals surface area contributed by atoms with E-state index >= 15 is 0 Å². The summed E-state index contributed by atoms with van der Waals surface area (Å²) in [4.78, 5) is 34.3. The fraction of sp³-hybridized carbons (Fsp3) is 0.412. The van der Waals surface area contributed by atoms with Crippen molar-refractivity contribution in [3.05, 3.63) is 36.2 Å². The fourth-order valence-electron chi connectivity index (χ4n) is 2.55. The zero-order valence-electron chi connectivity index (χ0n) is 13.8. The number of amides is 1. The molecule has 0 aliphatic heterocycles. The number of hydrogen-bond donors (Lipinski definition) is 0. The lowest BCUT2D eigenvalue weighted by Crippen LogP contribution is -2.44. The molecule has 1 amide bonds. The minimum absolute atomic E-state index is 0.0529. The molecule has 0 radical (unpaired) electrons. The van der Waals surface area contributed by atoms with Gasteiger partial charge in [-0.15, -0.1) is 0 Å². The number of carbonyl (C=O) groups is 2. The number of benzene rings is 1. The lowest BCUT2D eigenvalue weighted by molar-refractivity contribution is -0.138. The number of carbonyl (C=O) groups excluding carboxylic acids is 2. The molecule has 0 bridgehead atoms. The number of aromatic nitrogens is 2. The van der Waals surface area contributed by atoms with Crippen LogP contribution in [0.15, 0.2) is 30.6 Å². The van der Waals surface area contributed by atoms with Gasteiger partial charge < -0.3 is 9.64 Å². The van der Waals surface area contributed by atoms with Crippen LogP contribution in [0.25, 0.3) is 11.0 Å². The van der Waals surface area contributed by atoms with Gasteiger partial charge in [-0.2, -0.15) is 0 Å². The van der Waals surface area contributed by atoms with Crippen molar-refractivity contribution in [2.24, 2.45) is 0 Å². The zero-order chi connectivity index (χ0) is 17.0. The molecule has 2 aromatic rings. The number of rotatable bonds is 5. The third-order valence-corrected chi connectivity index (χ3v) is 3.43. The molecule has 2 rings (SSSR count). The highest BCUT2D eigenvalue weighted by Gasteiger charge is 2.21. The van der Waals surface area contributed by atoms with Crippen LogP contribution in [0.2, 0.25) is 0 Å². The van der Waals surface area contributed by atoms with Crippen molar-refractivity contribution in [2.45, 2.75) is 39.8 Å². The van der Waals surface area contributed by atoms with E-state index in [1.165, 1.54) is 0 Å². The predicted molar refractivity (Wildman–Crippen MR) is 86.9 cm³/mol. The highest BCUT2D eigenvalue weighted by molar-refractivity contribution is 5.94. The molecule has 0 fully saturated rings. The number of ether oxygens (including phenoxy) is 1. The quantitative estimate of drug-likeness (QED) is 0.792. The van der Waals surface area contributed by atoms with Gasteiger partial charge in [0.05, 0.1) is 16.6 Å². The van der Waals surface area contributed by atoms with Crippen LogP contribution in [0, 0.1) is 0 Å². The van der Waals surface area contributed by atoms with Gasteiger partial charge in [-0.1, -0.05) is 0 Å². The molecule has 0 atom stereocenters. The summed E-state index contributed by atoms with van der Waals surface area (Å²) in [5.41, 5.74) is 1.66. The second-order valence-corrected chi connectivity index (χ2v) is 5.82. The van der Waals surface area contributed by atoms with Crippen molar-refractivity contribution in [3.8, 4) is 0 Å². The third-order valence-electron chi connectivity index (χ3n) is 3.43. The Morgan fingerprint density at radius 1 is 1.04 bits per heavy atom. The number of esters is 1. The molecule has 23 heavy (non-hydrogen) atoms.